The standard InChI is InChI=1S/C16H17F4N3O/c1-22-8-12(7-21-22)15-10-23(4-5-24-15)9-11-2-3-13(17)6-14(11)16(18,19)20/h2-3,6-8,15H,4-5,9-10H2,1H3. The lowest BCUT2D eigenvalue weighted by Gasteiger charge is -2.33. The number of morpholine rings is 1. The van der Waals surface area contributed by atoms with Gasteiger partial charge in [-0.3, -0.25) is 9.58 Å². The zero-order valence-electron chi connectivity index (χ0n) is 13.1. The molecule has 1 aromatic heterocycles. The van der Waals surface area contributed by atoms with Gasteiger partial charge in [0.15, 0.2) is 0 Å². The van der Waals surface area contributed by atoms with Crippen LogP contribution in [0.15, 0.2) is 30.6 Å². The van der Waals surface area contributed by atoms with Crippen molar-refractivity contribution in [3.8, 4) is 0 Å². The smallest absolute Gasteiger partial charge is 0.371 e. The van der Waals surface area contributed by atoms with Crippen LogP contribution >= 0.6 is 0 Å². The highest BCUT2D eigenvalue weighted by molar-refractivity contribution is 5.30. The summed E-state index contributed by atoms with van der Waals surface area (Å²) in [6.07, 6.45) is -1.30. The number of rotatable bonds is 3. The predicted molar refractivity (Wildman–Crippen MR) is 78.6 cm³/mol. The second kappa shape index (κ2) is 6.52. The van der Waals surface area contributed by atoms with Crippen molar-refractivity contribution in [3.05, 3.63) is 53.1 Å². The summed E-state index contributed by atoms with van der Waals surface area (Å²) in [4.78, 5) is 1.88. The highest BCUT2D eigenvalue weighted by atomic mass is 19.4. The Kier molecular flexibility index (Phi) is 4.60. The summed E-state index contributed by atoms with van der Waals surface area (Å²) in [5.74, 6) is -0.888. The average Bonchev–Trinajstić information content (AvgIpc) is 2.95. The van der Waals surface area contributed by atoms with Crippen molar-refractivity contribution < 1.29 is 22.3 Å². The van der Waals surface area contributed by atoms with E-state index < -0.39 is 17.6 Å². The van der Waals surface area contributed by atoms with E-state index in [0.29, 0.717) is 25.8 Å². The summed E-state index contributed by atoms with van der Waals surface area (Å²) in [7, 11) is 1.79. The Morgan fingerprint density at radius 1 is 1.33 bits per heavy atom. The van der Waals surface area contributed by atoms with E-state index in [2.05, 4.69) is 5.10 Å². The van der Waals surface area contributed by atoms with Gasteiger partial charge in [-0.1, -0.05) is 6.07 Å². The van der Waals surface area contributed by atoms with Gasteiger partial charge in [0.2, 0.25) is 0 Å². The molecule has 3 rings (SSSR count). The quantitative estimate of drug-likeness (QED) is 0.802. The van der Waals surface area contributed by atoms with E-state index in [0.717, 1.165) is 11.6 Å². The van der Waals surface area contributed by atoms with Gasteiger partial charge in [0, 0.05) is 38.4 Å². The van der Waals surface area contributed by atoms with E-state index in [1.54, 1.807) is 17.9 Å². The predicted octanol–water partition coefficient (Wildman–Crippen LogP) is 3.15. The molecule has 1 aromatic carbocycles. The van der Waals surface area contributed by atoms with Gasteiger partial charge in [0.25, 0.3) is 0 Å². The van der Waals surface area contributed by atoms with Crippen LogP contribution in [0, 0.1) is 5.82 Å². The van der Waals surface area contributed by atoms with Crippen LogP contribution in [0.25, 0.3) is 0 Å². The number of benzene rings is 1. The summed E-state index contributed by atoms with van der Waals surface area (Å²) in [6.45, 7) is 1.49. The zero-order valence-corrected chi connectivity index (χ0v) is 13.1. The Balaban J connectivity index is 1.76. The molecule has 2 heterocycles. The fraction of sp³-hybridized carbons (Fsp3) is 0.438. The fourth-order valence-electron chi connectivity index (χ4n) is 2.85. The van der Waals surface area contributed by atoms with Crippen LogP contribution in [0.4, 0.5) is 17.6 Å². The normalized spacial score (nSPS) is 19.6. The molecule has 1 aliphatic rings. The molecule has 1 aliphatic heterocycles. The second-order valence-corrected chi connectivity index (χ2v) is 5.84. The number of aryl methyl sites for hydroxylation is 1. The van der Waals surface area contributed by atoms with Gasteiger partial charge >= 0.3 is 6.18 Å². The number of halogens is 4. The Morgan fingerprint density at radius 2 is 2.12 bits per heavy atom. The van der Waals surface area contributed by atoms with Crippen LogP contribution in [0.5, 0.6) is 0 Å². The van der Waals surface area contributed by atoms with Gasteiger partial charge in [0.05, 0.1) is 24.5 Å². The van der Waals surface area contributed by atoms with Crippen LogP contribution in [0.3, 0.4) is 0 Å². The molecule has 24 heavy (non-hydrogen) atoms. The number of alkyl halides is 3. The number of hydrogen-bond acceptors (Lipinski definition) is 3. The van der Waals surface area contributed by atoms with Gasteiger partial charge in [-0.2, -0.15) is 18.3 Å². The fourth-order valence-corrected chi connectivity index (χ4v) is 2.85. The molecule has 0 aliphatic carbocycles. The third-order valence-electron chi connectivity index (χ3n) is 4.02. The number of nitrogens with zero attached hydrogens (tertiary/aromatic N) is 3. The maximum atomic E-state index is 13.2. The van der Waals surface area contributed by atoms with Gasteiger partial charge < -0.3 is 4.74 Å². The molecule has 130 valence electrons. The maximum Gasteiger partial charge on any atom is 0.416 e. The van der Waals surface area contributed by atoms with Gasteiger partial charge in [0.1, 0.15) is 5.82 Å². The Bertz CT molecular complexity index is 714. The lowest BCUT2D eigenvalue weighted by Crippen LogP contribution is -2.38. The summed E-state index contributed by atoms with van der Waals surface area (Å²) >= 11 is 0. The van der Waals surface area contributed by atoms with Crippen LogP contribution in [-0.2, 0) is 24.5 Å². The van der Waals surface area contributed by atoms with Crippen molar-refractivity contribution in [1.82, 2.24) is 14.7 Å². The number of aromatic nitrogens is 2. The highest BCUT2D eigenvalue weighted by Gasteiger charge is 2.34. The van der Waals surface area contributed by atoms with Crippen LogP contribution in [0.1, 0.15) is 22.8 Å². The van der Waals surface area contributed by atoms with Crippen molar-refractivity contribution >= 4 is 0 Å². The van der Waals surface area contributed by atoms with E-state index in [1.807, 2.05) is 11.1 Å². The highest BCUT2D eigenvalue weighted by Crippen LogP contribution is 2.33. The molecule has 8 heteroatoms. The SMILES string of the molecule is Cn1cc(C2CN(Cc3ccc(F)cc3C(F)(F)F)CCO2)cn1. The first-order valence-corrected chi connectivity index (χ1v) is 7.51. The van der Waals surface area contributed by atoms with Crippen LogP contribution < -0.4 is 0 Å². The molecule has 0 bridgehead atoms. The minimum Gasteiger partial charge on any atom is -0.371 e. The molecule has 1 unspecified atom stereocenters. The van der Waals surface area contributed by atoms with Crippen molar-refractivity contribution in [2.24, 2.45) is 7.05 Å². The lowest BCUT2D eigenvalue weighted by atomic mass is 10.1. The molecule has 1 fully saturated rings. The van der Waals surface area contributed by atoms with E-state index in [4.69, 9.17) is 4.74 Å². The first-order chi connectivity index (χ1) is 11.3. The Morgan fingerprint density at radius 3 is 2.79 bits per heavy atom. The summed E-state index contributed by atoms with van der Waals surface area (Å²) in [5, 5.41) is 4.08. The number of ether oxygens (including phenoxy) is 1. The van der Waals surface area contributed by atoms with E-state index >= 15 is 0 Å². The van der Waals surface area contributed by atoms with Crippen LogP contribution in [-0.4, -0.2) is 34.4 Å². The van der Waals surface area contributed by atoms with Crippen molar-refractivity contribution in [2.75, 3.05) is 19.7 Å². The lowest BCUT2D eigenvalue weighted by molar-refractivity contribution is -0.138. The topological polar surface area (TPSA) is 30.3 Å². The van der Waals surface area contributed by atoms with Crippen molar-refractivity contribution in [1.29, 1.82) is 0 Å². The molecule has 0 N–H and O–H groups in total. The molecule has 0 spiro atoms. The molecule has 0 saturated carbocycles. The Labute approximate surface area is 136 Å². The van der Waals surface area contributed by atoms with Crippen molar-refractivity contribution in [2.45, 2.75) is 18.8 Å². The van der Waals surface area contributed by atoms with Crippen molar-refractivity contribution in [3.63, 3.8) is 0 Å². The van der Waals surface area contributed by atoms with Gasteiger partial charge in [-0.25, -0.2) is 4.39 Å². The third kappa shape index (κ3) is 3.76. The summed E-state index contributed by atoms with van der Waals surface area (Å²) < 4.78 is 59.9. The van der Waals surface area contributed by atoms with E-state index in [1.165, 1.54) is 6.07 Å². The minimum absolute atomic E-state index is 0.0655. The van der Waals surface area contributed by atoms with E-state index in [9.17, 15) is 17.6 Å². The molecule has 2 aromatic rings. The summed E-state index contributed by atoms with van der Waals surface area (Å²) in [5.41, 5.74) is 0.0278. The van der Waals surface area contributed by atoms with Gasteiger partial charge in [-0.05, 0) is 17.7 Å². The first-order valence-electron chi connectivity index (χ1n) is 7.51. The first kappa shape index (κ1) is 16.9. The summed E-state index contributed by atoms with van der Waals surface area (Å²) in [6, 6.07) is 2.81. The molecule has 4 nitrogen and oxygen atoms in total. The molecule has 0 amide bonds. The average molecular weight is 343 g/mol. The zero-order chi connectivity index (χ0) is 17.3. The van der Waals surface area contributed by atoms with E-state index in [-0.39, 0.29) is 18.2 Å². The van der Waals surface area contributed by atoms with Gasteiger partial charge in [-0.15, -0.1) is 0 Å². The minimum atomic E-state index is -4.58. The second-order valence-electron chi connectivity index (χ2n) is 5.84. The largest absolute Gasteiger partial charge is 0.416 e. The number of hydrogen-bond donors (Lipinski definition) is 0. The monoisotopic (exact) mass is 343 g/mol. The van der Waals surface area contributed by atoms with Crippen LogP contribution in [0.2, 0.25) is 0 Å². The molecule has 1 saturated heterocycles. The molecule has 1 atom stereocenters. The third-order valence-corrected chi connectivity index (χ3v) is 4.02. The molecular weight excluding hydrogens is 326 g/mol. The molecule has 0 radical (unpaired) electrons. The Hall–Kier alpha value is -1.93. The maximum absolute atomic E-state index is 13.2. The molecular formula is C16H17F4N3O.